The summed E-state index contributed by atoms with van der Waals surface area (Å²) in [5, 5.41) is 12.7. The van der Waals surface area contributed by atoms with E-state index in [4.69, 9.17) is 5.11 Å². The van der Waals surface area contributed by atoms with Crippen molar-refractivity contribution >= 4 is 23.2 Å². The van der Waals surface area contributed by atoms with Gasteiger partial charge in [-0.05, 0) is 32.9 Å². The Labute approximate surface area is 125 Å². The van der Waals surface area contributed by atoms with Gasteiger partial charge in [-0.2, -0.15) is 0 Å². The van der Waals surface area contributed by atoms with E-state index in [0.717, 1.165) is 15.6 Å². The Hall–Kier alpha value is -2.28. The van der Waals surface area contributed by atoms with Gasteiger partial charge in [-0.15, -0.1) is 11.3 Å². The lowest BCUT2D eigenvalue weighted by Gasteiger charge is -2.06. The predicted octanol–water partition coefficient (Wildman–Crippen LogP) is 2.09. The maximum Gasteiger partial charge on any atom is 0.337 e. The summed E-state index contributed by atoms with van der Waals surface area (Å²) in [7, 11) is 0. The number of nitrogens with zero attached hydrogens (tertiary/aromatic N) is 2. The van der Waals surface area contributed by atoms with Crippen molar-refractivity contribution in [3.63, 3.8) is 0 Å². The molecular formula is C14H15N3O3S. The van der Waals surface area contributed by atoms with E-state index in [1.807, 2.05) is 13.8 Å². The van der Waals surface area contributed by atoms with Gasteiger partial charge in [0.2, 0.25) is 0 Å². The van der Waals surface area contributed by atoms with Crippen LogP contribution in [0.15, 0.2) is 12.1 Å². The van der Waals surface area contributed by atoms with Gasteiger partial charge in [-0.3, -0.25) is 4.79 Å². The molecule has 1 amide bonds. The lowest BCUT2D eigenvalue weighted by molar-refractivity contribution is 0.0694. The molecule has 0 aliphatic rings. The first-order chi connectivity index (χ1) is 9.88. The molecule has 0 radical (unpaired) electrons. The first-order valence-corrected chi connectivity index (χ1v) is 7.12. The molecule has 0 saturated carbocycles. The Balaban J connectivity index is 2.09. The van der Waals surface area contributed by atoms with Crippen LogP contribution in [0.25, 0.3) is 0 Å². The molecule has 110 valence electrons. The number of aromatic carboxylic acids is 1. The monoisotopic (exact) mass is 305 g/mol. The van der Waals surface area contributed by atoms with Crippen LogP contribution in [0.4, 0.5) is 0 Å². The largest absolute Gasteiger partial charge is 0.478 e. The van der Waals surface area contributed by atoms with Crippen LogP contribution in [0.3, 0.4) is 0 Å². The van der Waals surface area contributed by atoms with Gasteiger partial charge in [0.25, 0.3) is 5.91 Å². The molecule has 0 aliphatic heterocycles. The highest BCUT2D eigenvalue weighted by atomic mass is 32.1. The molecule has 0 aliphatic carbocycles. The van der Waals surface area contributed by atoms with Gasteiger partial charge in [0, 0.05) is 4.88 Å². The second-order valence-electron chi connectivity index (χ2n) is 4.56. The van der Waals surface area contributed by atoms with Crippen molar-refractivity contribution in [3.8, 4) is 0 Å². The SMILES string of the molecule is Cc1nc(C)c(CNC(=O)c2ccc(C(=O)O)c(C)n2)s1. The summed E-state index contributed by atoms with van der Waals surface area (Å²) in [5.74, 6) is -1.39. The molecule has 2 aromatic rings. The standard InChI is InChI=1S/C14H15N3O3S/c1-7-10(14(19)20)4-5-11(17-7)13(18)15-6-12-8(2)16-9(3)21-12/h4-5H,6H2,1-3H3,(H,15,18)(H,19,20). The number of aryl methyl sites for hydroxylation is 3. The maximum absolute atomic E-state index is 12.0. The van der Waals surface area contributed by atoms with E-state index < -0.39 is 5.97 Å². The molecule has 21 heavy (non-hydrogen) atoms. The number of pyridine rings is 1. The van der Waals surface area contributed by atoms with Crippen LogP contribution < -0.4 is 5.32 Å². The van der Waals surface area contributed by atoms with Gasteiger partial charge in [0.15, 0.2) is 0 Å². The van der Waals surface area contributed by atoms with Crippen LogP contribution in [0, 0.1) is 20.8 Å². The Kier molecular flexibility index (Phi) is 4.32. The molecular weight excluding hydrogens is 290 g/mol. The number of amides is 1. The van der Waals surface area contributed by atoms with Crippen LogP contribution >= 0.6 is 11.3 Å². The van der Waals surface area contributed by atoms with Gasteiger partial charge >= 0.3 is 5.97 Å². The van der Waals surface area contributed by atoms with Crippen molar-refractivity contribution in [2.24, 2.45) is 0 Å². The molecule has 0 aromatic carbocycles. The highest BCUT2D eigenvalue weighted by molar-refractivity contribution is 7.11. The molecule has 2 rings (SSSR count). The number of aromatic nitrogens is 2. The van der Waals surface area contributed by atoms with Crippen LogP contribution in [0.5, 0.6) is 0 Å². The Morgan fingerprint density at radius 1 is 1.19 bits per heavy atom. The fourth-order valence-corrected chi connectivity index (χ4v) is 2.78. The Morgan fingerprint density at radius 2 is 1.90 bits per heavy atom. The third-order valence-electron chi connectivity index (χ3n) is 2.96. The van der Waals surface area contributed by atoms with Crippen molar-refractivity contribution in [3.05, 3.63) is 44.7 Å². The smallest absolute Gasteiger partial charge is 0.337 e. The fraction of sp³-hybridized carbons (Fsp3) is 0.286. The van der Waals surface area contributed by atoms with Crippen molar-refractivity contribution in [1.82, 2.24) is 15.3 Å². The van der Waals surface area contributed by atoms with E-state index in [-0.39, 0.29) is 17.2 Å². The number of carbonyl (C=O) groups excluding carboxylic acids is 1. The number of hydrogen-bond donors (Lipinski definition) is 2. The van der Waals surface area contributed by atoms with Crippen molar-refractivity contribution < 1.29 is 14.7 Å². The summed E-state index contributed by atoms with van der Waals surface area (Å²) in [6.07, 6.45) is 0. The van der Waals surface area contributed by atoms with Gasteiger partial charge in [-0.1, -0.05) is 0 Å². The van der Waals surface area contributed by atoms with Crippen molar-refractivity contribution in [2.45, 2.75) is 27.3 Å². The summed E-state index contributed by atoms with van der Waals surface area (Å²) in [4.78, 5) is 32.3. The minimum Gasteiger partial charge on any atom is -0.478 e. The number of carboxylic acids is 1. The van der Waals surface area contributed by atoms with Crippen molar-refractivity contribution in [2.75, 3.05) is 0 Å². The number of hydrogen-bond acceptors (Lipinski definition) is 5. The number of nitrogens with one attached hydrogen (secondary N) is 1. The number of rotatable bonds is 4. The average Bonchev–Trinajstić information content (AvgIpc) is 2.73. The zero-order valence-electron chi connectivity index (χ0n) is 11.9. The molecule has 0 unspecified atom stereocenters. The lowest BCUT2D eigenvalue weighted by atomic mass is 10.2. The highest BCUT2D eigenvalue weighted by Gasteiger charge is 2.13. The van der Waals surface area contributed by atoms with E-state index >= 15 is 0 Å². The van der Waals surface area contributed by atoms with Gasteiger partial charge in [0.05, 0.1) is 28.5 Å². The summed E-state index contributed by atoms with van der Waals surface area (Å²) in [5.41, 5.74) is 1.53. The normalized spacial score (nSPS) is 10.4. The second kappa shape index (κ2) is 6.01. The molecule has 7 heteroatoms. The second-order valence-corrected chi connectivity index (χ2v) is 5.85. The number of carboxylic acid groups (broad SMARTS) is 1. The van der Waals surface area contributed by atoms with Crippen LogP contribution in [-0.4, -0.2) is 27.0 Å². The number of thiazole rings is 1. The molecule has 0 bridgehead atoms. The van der Waals surface area contributed by atoms with E-state index in [9.17, 15) is 9.59 Å². The molecule has 0 spiro atoms. The molecule has 0 fully saturated rings. The topological polar surface area (TPSA) is 92.2 Å². The summed E-state index contributed by atoms with van der Waals surface area (Å²) < 4.78 is 0. The summed E-state index contributed by atoms with van der Waals surface area (Å²) in [6.45, 7) is 5.77. The third-order valence-corrected chi connectivity index (χ3v) is 4.03. The molecule has 2 N–H and O–H groups in total. The van der Waals surface area contributed by atoms with Crippen LogP contribution in [0.2, 0.25) is 0 Å². The molecule has 6 nitrogen and oxygen atoms in total. The molecule has 0 atom stereocenters. The predicted molar refractivity (Wildman–Crippen MR) is 78.7 cm³/mol. The first kappa shape index (κ1) is 15.1. The zero-order chi connectivity index (χ0) is 15.6. The summed E-state index contributed by atoms with van der Waals surface area (Å²) >= 11 is 1.54. The van der Waals surface area contributed by atoms with Gasteiger partial charge in [-0.25, -0.2) is 14.8 Å². The quantitative estimate of drug-likeness (QED) is 0.902. The molecule has 2 heterocycles. The van der Waals surface area contributed by atoms with E-state index in [1.54, 1.807) is 6.92 Å². The summed E-state index contributed by atoms with van der Waals surface area (Å²) in [6, 6.07) is 2.80. The Morgan fingerprint density at radius 3 is 2.43 bits per heavy atom. The van der Waals surface area contributed by atoms with Gasteiger partial charge < -0.3 is 10.4 Å². The van der Waals surface area contributed by atoms with E-state index in [0.29, 0.717) is 12.2 Å². The minimum absolute atomic E-state index is 0.0977. The lowest BCUT2D eigenvalue weighted by Crippen LogP contribution is -2.24. The average molecular weight is 305 g/mol. The maximum atomic E-state index is 12.0. The van der Waals surface area contributed by atoms with Crippen LogP contribution in [0.1, 0.15) is 42.1 Å². The first-order valence-electron chi connectivity index (χ1n) is 6.30. The fourth-order valence-electron chi connectivity index (χ4n) is 1.90. The van der Waals surface area contributed by atoms with E-state index in [1.165, 1.54) is 23.5 Å². The van der Waals surface area contributed by atoms with Crippen LogP contribution in [-0.2, 0) is 6.54 Å². The highest BCUT2D eigenvalue weighted by Crippen LogP contribution is 2.16. The van der Waals surface area contributed by atoms with E-state index in [2.05, 4.69) is 15.3 Å². The zero-order valence-corrected chi connectivity index (χ0v) is 12.7. The molecule has 2 aromatic heterocycles. The van der Waals surface area contributed by atoms with Gasteiger partial charge in [0.1, 0.15) is 5.69 Å². The number of carbonyl (C=O) groups is 2. The Bertz CT molecular complexity index is 709. The third kappa shape index (κ3) is 3.43. The minimum atomic E-state index is -1.05. The van der Waals surface area contributed by atoms with Crippen molar-refractivity contribution in [1.29, 1.82) is 0 Å². The molecule has 0 saturated heterocycles.